The first kappa shape index (κ1) is 12.5. The van der Waals surface area contributed by atoms with Gasteiger partial charge in [-0.15, -0.1) is 0 Å². The number of amides is 1. The lowest BCUT2D eigenvalue weighted by molar-refractivity contribution is -0.119. The van der Waals surface area contributed by atoms with Gasteiger partial charge in [-0.25, -0.2) is 4.98 Å². The van der Waals surface area contributed by atoms with Gasteiger partial charge in [0.1, 0.15) is 0 Å². The topological polar surface area (TPSA) is 76.2 Å². The van der Waals surface area contributed by atoms with Crippen LogP contribution in [0.1, 0.15) is 12.6 Å². The van der Waals surface area contributed by atoms with Crippen LogP contribution in [0.4, 0.5) is 5.95 Å². The Balaban J connectivity index is 2.65. The molecular formula is C10H19N5O. The van der Waals surface area contributed by atoms with Crippen LogP contribution in [0.5, 0.6) is 0 Å². The van der Waals surface area contributed by atoms with Crippen molar-refractivity contribution in [2.45, 2.75) is 19.5 Å². The molecule has 0 spiro atoms. The van der Waals surface area contributed by atoms with Crippen molar-refractivity contribution >= 4 is 11.9 Å². The summed E-state index contributed by atoms with van der Waals surface area (Å²) in [5.41, 5.74) is 6.17. The second-order valence-corrected chi connectivity index (χ2v) is 4.01. The number of carbonyl (C=O) groups excluding carboxylic acids is 1. The van der Waals surface area contributed by atoms with Crippen molar-refractivity contribution in [3.8, 4) is 0 Å². The molecule has 16 heavy (non-hydrogen) atoms. The molecule has 0 saturated heterocycles. The number of anilines is 1. The zero-order valence-electron chi connectivity index (χ0n) is 10.2. The Labute approximate surface area is 95.4 Å². The molecule has 0 aromatic carbocycles. The monoisotopic (exact) mass is 225 g/mol. The Morgan fingerprint density at radius 2 is 2.31 bits per heavy atom. The molecule has 0 aliphatic heterocycles. The van der Waals surface area contributed by atoms with Crippen molar-refractivity contribution < 1.29 is 4.79 Å². The van der Waals surface area contributed by atoms with E-state index in [-0.39, 0.29) is 11.9 Å². The number of imidazole rings is 1. The van der Waals surface area contributed by atoms with Crippen LogP contribution in [0.15, 0.2) is 6.20 Å². The van der Waals surface area contributed by atoms with Gasteiger partial charge in [0.05, 0.1) is 17.9 Å². The smallest absolute Gasteiger partial charge is 0.234 e. The van der Waals surface area contributed by atoms with Crippen molar-refractivity contribution in [3.05, 3.63) is 11.9 Å². The van der Waals surface area contributed by atoms with Crippen molar-refractivity contribution in [1.82, 2.24) is 14.9 Å². The highest BCUT2D eigenvalue weighted by Gasteiger charge is 2.11. The molecule has 3 N–H and O–H groups in total. The average molecular weight is 225 g/mol. The normalized spacial score (nSPS) is 12.5. The van der Waals surface area contributed by atoms with Crippen LogP contribution >= 0.6 is 0 Å². The van der Waals surface area contributed by atoms with Crippen molar-refractivity contribution in [2.75, 3.05) is 19.0 Å². The van der Waals surface area contributed by atoms with Gasteiger partial charge in [-0.1, -0.05) is 0 Å². The molecule has 1 aromatic rings. The summed E-state index contributed by atoms with van der Waals surface area (Å²) in [6.07, 6.45) is 1.79. The highest BCUT2D eigenvalue weighted by atomic mass is 16.1. The molecule has 1 rings (SSSR count). The summed E-state index contributed by atoms with van der Waals surface area (Å²) in [5, 5.41) is 3.04. The second-order valence-electron chi connectivity index (χ2n) is 4.01. The number of aromatic nitrogens is 2. The Morgan fingerprint density at radius 3 is 2.75 bits per heavy atom. The molecule has 0 saturated carbocycles. The maximum atomic E-state index is 10.8. The molecule has 6 nitrogen and oxygen atoms in total. The van der Waals surface area contributed by atoms with Gasteiger partial charge >= 0.3 is 0 Å². The molecular weight excluding hydrogens is 206 g/mol. The van der Waals surface area contributed by atoms with Crippen LogP contribution in [0.3, 0.4) is 0 Å². The molecule has 90 valence electrons. The molecule has 0 aliphatic carbocycles. The Bertz CT molecular complexity index is 371. The highest BCUT2D eigenvalue weighted by molar-refractivity contribution is 5.79. The van der Waals surface area contributed by atoms with Gasteiger partial charge < -0.3 is 20.5 Å². The number of rotatable bonds is 5. The van der Waals surface area contributed by atoms with Gasteiger partial charge in [0.25, 0.3) is 0 Å². The molecule has 1 aromatic heterocycles. The number of nitrogens with two attached hydrogens (primary N) is 1. The van der Waals surface area contributed by atoms with E-state index in [9.17, 15) is 4.79 Å². The van der Waals surface area contributed by atoms with Gasteiger partial charge in [-0.05, 0) is 6.92 Å². The Hall–Kier alpha value is -1.56. The minimum absolute atomic E-state index is 0.335. The maximum absolute atomic E-state index is 10.8. The van der Waals surface area contributed by atoms with Crippen LogP contribution in [0, 0.1) is 0 Å². The van der Waals surface area contributed by atoms with Gasteiger partial charge in [0, 0.05) is 27.7 Å². The van der Waals surface area contributed by atoms with E-state index in [4.69, 9.17) is 5.73 Å². The van der Waals surface area contributed by atoms with E-state index in [1.165, 1.54) is 0 Å². The van der Waals surface area contributed by atoms with E-state index < -0.39 is 0 Å². The molecule has 1 atom stereocenters. The van der Waals surface area contributed by atoms with E-state index in [2.05, 4.69) is 10.3 Å². The number of nitrogens with one attached hydrogen (secondary N) is 1. The Kier molecular flexibility index (Phi) is 3.89. The van der Waals surface area contributed by atoms with E-state index in [1.54, 1.807) is 13.1 Å². The van der Waals surface area contributed by atoms with Gasteiger partial charge in [0.15, 0.2) is 0 Å². The minimum Gasteiger partial charge on any atom is -0.368 e. The van der Waals surface area contributed by atoms with Crippen LogP contribution in [0.2, 0.25) is 0 Å². The fourth-order valence-electron chi connectivity index (χ4n) is 1.37. The SMILES string of the molecule is CC(NCc1cnc(N(C)C)n1C)C(N)=O. The molecule has 6 heteroatoms. The van der Waals surface area contributed by atoms with Crippen LogP contribution in [0.25, 0.3) is 0 Å². The zero-order valence-corrected chi connectivity index (χ0v) is 10.2. The standard InChI is InChI=1S/C10H19N5O/c1-7(9(11)16)12-5-8-6-13-10(14(2)3)15(8)4/h6-7,12H,5H2,1-4H3,(H2,11,16). The molecule has 0 fully saturated rings. The molecule has 0 aliphatic rings. The van der Waals surface area contributed by atoms with Crippen molar-refractivity contribution in [1.29, 1.82) is 0 Å². The third-order valence-electron chi connectivity index (χ3n) is 2.48. The Morgan fingerprint density at radius 1 is 1.69 bits per heavy atom. The van der Waals surface area contributed by atoms with Crippen molar-refractivity contribution in [2.24, 2.45) is 12.8 Å². The fraction of sp³-hybridized carbons (Fsp3) is 0.600. The number of hydrogen-bond donors (Lipinski definition) is 2. The predicted molar refractivity (Wildman–Crippen MR) is 63.0 cm³/mol. The molecule has 1 heterocycles. The minimum atomic E-state index is -0.352. The van der Waals surface area contributed by atoms with Crippen LogP contribution < -0.4 is 16.0 Å². The lowest BCUT2D eigenvalue weighted by Crippen LogP contribution is -2.38. The van der Waals surface area contributed by atoms with E-state index in [0.717, 1.165) is 11.6 Å². The second kappa shape index (κ2) is 4.98. The third-order valence-corrected chi connectivity index (χ3v) is 2.48. The molecule has 1 unspecified atom stereocenters. The first-order chi connectivity index (χ1) is 7.43. The number of hydrogen-bond acceptors (Lipinski definition) is 4. The summed E-state index contributed by atoms with van der Waals surface area (Å²) < 4.78 is 1.97. The number of nitrogens with zero attached hydrogens (tertiary/aromatic N) is 3. The quantitative estimate of drug-likeness (QED) is 0.705. The van der Waals surface area contributed by atoms with E-state index >= 15 is 0 Å². The van der Waals surface area contributed by atoms with Gasteiger partial charge in [-0.2, -0.15) is 0 Å². The first-order valence-electron chi connectivity index (χ1n) is 5.14. The van der Waals surface area contributed by atoms with Gasteiger partial charge in [-0.3, -0.25) is 4.79 Å². The number of primary amides is 1. The summed E-state index contributed by atoms with van der Waals surface area (Å²) in [5.74, 6) is 0.526. The maximum Gasteiger partial charge on any atom is 0.234 e. The summed E-state index contributed by atoms with van der Waals surface area (Å²) in [4.78, 5) is 17.1. The van der Waals surface area contributed by atoms with E-state index in [1.807, 2.05) is 30.6 Å². The molecule has 0 radical (unpaired) electrons. The largest absolute Gasteiger partial charge is 0.368 e. The van der Waals surface area contributed by atoms with Crippen molar-refractivity contribution in [3.63, 3.8) is 0 Å². The van der Waals surface area contributed by atoms with Crippen LogP contribution in [-0.2, 0) is 18.4 Å². The van der Waals surface area contributed by atoms with Crippen LogP contribution in [-0.4, -0.2) is 35.6 Å². The van der Waals surface area contributed by atoms with E-state index in [0.29, 0.717) is 6.54 Å². The number of carbonyl (C=O) groups is 1. The zero-order chi connectivity index (χ0) is 12.3. The highest BCUT2D eigenvalue weighted by Crippen LogP contribution is 2.10. The summed E-state index contributed by atoms with van der Waals surface area (Å²) in [6.45, 7) is 2.31. The summed E-state index contributed by atoms with van der Waals surface area (Å²) >= 11 is 0. The lowest BCUT2D eigenvalue weighted by atomic mass is 10.3. The summed E-state index contributed by atoms with van der Waals surface area (Å²) in [7, 11) is 5.81. The fourth-order valence-corrected chi connectivity index (χ4v) is 1.37. The molecule has 0 bridgehead atoms. The first-order valence-corrected chi connectivity index (χ1v) is 5.14. The average Bonchev–Trinajstić information content (AvgIpc) is 2.56. The van der Waals surface area contributed by atoms with Gasteiger partial charge in [0.2, 0.25) is 11.9 Å². The lowest BCUT2D eigenvalue weighted by Gasteiger charge is -2.14. The molecule has 1 amide bonds. The summed E-state index contributed by atoms with van der Waals surface area (Å²) in [6, 6.07) is -0.335. The third kappa shape index (κ3) is 2.73. The predicted octanol–water partition coefficient (Wildman–Crippen LogP) is -0.550.